The number of rotatable bonds is 8. The van der Waals surface area contributed by atoms with E-state index >= 15 is 0 Å². The van der Waals surface area contributed by atoms with E-state index in [0.29, 0.717) is 25.3 Å². The second-order valence-corrected chi connectivity index (χ2v) is 10.3. The second-order valence-electron chi connectivity index (χ2n) is 8.38. The van der Waals surface area contributed by atoms with E-state index in [1.165, 1.54) is 4.31 Å². The first-order valence-corrected chi connectivity index (χ1v) is 12.4. The highest BCUT2D eigenvalue weighted by molar-refractivity contribution is 7.89. The Balaban J connectivity index is 1.45. The molecule has 3 rings (SSSR count). The highest BCUT2D eigenvalue weighted by atomic mass is 32.2. The molecule has 0 atom stereocenters. The molecule has 0 spiro atoms. The van der Waals surface area contributed by atoms with Gasteiger partial charge in [0, 0.05) is 25.6 Å². The van der Waals surface area contributed by atoms with E-state index in [2.05, 4.69) is 24.5 Å². The van der Waals surface area contributed by atoms with Gasteiger partial charge < -0.3 is 10.6 Å². The molecule has 0 radical (unpaired) electrons. The maximum absolute atomic E-state index is 12.9. The molecule has 2 aromatic rings. The largest absolute Gasteiger partial charge is 0.350 e. The zero-order chi connectivity index (χ0) is 23.1. The van der Waals surface area contributed by atoms with Crippen LogP contribution in [0.4, 0.5) is 0 Å². The molecular formula is C24H31N3O4S. The zero-order valence-corrected chi connectivity index (χ0v) is 19.4. The number of amides is 2. The van der Waals surface area contributed by atoms with Crippen LogP contribution in [-0.4, -0.2) is 44.2 Å². The van der Waals surface area contributed by atoms with Crippen molar-refractivity contribution in [3.63, 3.8) is 0 Å². The topological polar surface area (TPSA) is 95.6 Å². The molecule has 1 aliphatic rings. The summed E-state index contributed by atoms with van der Waals surface area (Å²) in [6.07, 6.45) is 0.863. The summed E-state index contributed by atoms with van der Waals surface area (Å²) in [6.45, 7) is 5.01. The summed E-state index contributed by atoms with van der Waals surface area (Å²) in [6, 6.07) is 16.5. The van der Waals surface area contributed by atoms with Gasteiger partial charge in [-0.25, -0.2) is 8.42 Å². The lowest BCUT2D eigenvalue weighted by atomic mass is 9.97. The van der Waals surface area contributed by atoms with Gasteiger partial charge in [-0.2, -0.15) is 4.31 Å². The number of piperidine rings is 1. The molecular weight excluding hydrogens is 426 g/mol. The first-order valence-electron chi connectivity index (χ1n) is 11.0. The predicted octanol–water partition coefficient (Wildman–Crippen LogP) is 2.64. The van der Waals surface area contributed by atoms with Gasteiger partial charge in [-0.15, -0.1) is 0 Å². The van der Waals surface area contributed by atoms with E-state index in [9.17, 15) is 18.0 Å². The lowest BCUT2D eigenvalue weighted by Crippen LogP contribution is -2.45. The SMILES string of the molecule is CC(C)c1ccc(S(=O)(=O)N2CCC(C(=O)NCC(=O)NCc3ccccc3)CC2)cc1. The fraction of sp³-hybridized carbons (Fsp3) is 0.417. The lowest BCUT2D eigenvalue weighted by molar-refractivity contribution is -0.129. The number of benzene rings is 2. The molecule has 0 unspecified atom stereocenters. The molecule has 7 nitrogen and oxygen atoms in total. The number of hydrogen-bond acceptors (Lipinski definition) is 4. The van der Waals surface area contributed by atoms with Crippen LogP contribution in [0.15, 0.2) is 59.5 Å². The van der Waals surface area contributed by atoms with Gasteiger partial charge in [0.25, 0.3) is 0 Å². The smallest absolute Gasteiger partial charge is 0.243 e. The van der Waals surface area contributed by atoms with Crippen molar-refractivity contribution in [2.75, 3.05) is 19.6 Å². The van der Waals surface area contributed by atoms with Crippen molar-refractivity contribution < 1.29 is 18.0 Å². The first kappa shape index (κ1) is 23.9. The third-order valence-corrected chi connectivity index (χ3v) is 7.68. The van der Waals surface area contributed by atoms with Crippen molar-refractivity contribution in [2.24, 2.45) is 5.92 Å². The van der Waals surface area contributed by atoms with Crippen molar-refractivity contribution in [3.8, 4) is 0 Å². The zero-order valence-electron chi connectivity index (χ0n) is 18.6. The third-order valence-electron chi connectivity index (χ3n) is 5.76. The van der Waals surface area contributed by atoms with E-state index < -0.39 is 10.0 Å². The summed E-state index contributed by atoms with van der Waals surface area (Å²) in [5, 5.41) is 5.44. The van der Waals surface area contributed by atoms with Gasteiger partial charge in [0.2, 0.25) is 21.8 Å². The van der Waals surface area contributed by atoms with E-state index in [4.69, 9.17) is 0 Å². The van der Waals surface area contributed by atoms with Crippen LogP contribution >= 0.6 is 0 Å². The van der Waals surface area contributed by atoms with Crippen molar-refractivity contribution in [3.05, 3.63) is 65.7 Å². The minimum atomic E-state index is -3.58. The summed E-state index contributed by atoms with van der Waals surface area (Å²) in [5.74, 6) is -0.432. The third kappa shape index (κ3) is 6.17. The van der Waals surface area contributed by atoms with Gasteiger partial charge in [-0.3, -0.25) is 9.59 Å². The molecule has 0 aliphatic carbocycles. The van der Waals surface area contributed by atoms with E-state index in [1.54, 1.807) is 12.1 Å². The molecule has 2 aromatic carbocycles. The van der Waals surface area contributed by atoms with Crippen LogP contribution in [0.2, 0.25) is 0 Å². The Morgan fingerprint density at radius 2 is 1.59 bits per heavy atom. The minimum absolute atomic E-state index is 0.0909. The number of nitrogens with one attached hydrogen (secondary N) is 2. The van der Waals surface area contributed by atoms with Crippen LogP contribution in [-0.2, 0) is 26.2 Å². The van der Waals surface area contributed by atoms with Crippen molar-refractivity contribution in [2.45, 2.75) is 44.0 Å². The summed E-state index contributed by atoms with van der Waals surface area (Å²) >= 11 is 0. The number of nitrogens with zero attached hydrogens (tertiary/aromatic N) is 1. The number of carbonyl (C=O) groups is 2. The standard InChI is InChI=1S/C24H31N3O4S/c1-18(2)20-8-10-22(11-9-20)32(30,31)27-14-12-21(13-15-27)24(29)26-17-23(28)25-16-19-6-4-3-5-7-19/h3-11,18,21H,12-17H2,1-2H3,(H,25,28)(H,26,29). The summed E-state index contributed by atoms with van der Waals surface area (Å²) in [5.41, 5.74) is 2.08. The van der Waals surface area contributed by atoms with Crippen LogP contribution in [0.5, 0.6) is 0 Å². The molecule has 1 saturated heterocycles. The monoisotopic (exact) mass is 457 g/mol. The molecule has 1 heterocycles. The van der Waals surface area contributed by atoms with Crippen molar-refractivity contribution in [1.29, 1.82) is 0 Å². The highest BCUT2D eigenvalue weighted by Gasteiger charge is 2.32. The van der Waals surface area contributed by atoms with Gasteiger partial charge >= 0.3 is 0 Å². The van der Waals surface area contributed by atoms with Crippen LogP contribution in [0.1, 0.15) is 43.7 Å². The Bertz CT molecular complexity index is 1010. The Morgan fingerprint density at radius 1 is 0.969 bits per heavy atom. The number of hydrogen-bond donors (Lipinski definition) is 2. The highest BCUT2D eigenvalue weighted by Crippen LogP contribution is 2.25. The molecule has 8 heteroatoms. The van der Waals surface area contributed by atoms with E-state index in [1.807, 2.05) is 42.5 Å². The normalized spacial score (nSPS) is 15.5. The lowest BCUT2D eigenvalue weighted by Gasteiger charge is -2.30. The first-order chi connectivity index (χ1) is 15.3. The predicted molar refractivity (Wildman–Crippen MR) is 123 cm³/mol. The molecule has 1 aliphatic heterocycles. The van der Waals surface area contributed by atoms with Crippen molar-refractivity contribution >= 4 is 21.8 Å². The van der Waals surface area contributed by atoms with Gasteiger partial charge in [0.05, 0.1) is 11.4 Å². The maximum atomic E-state index is 12.9. The molecule has 172 valence electrons. The summed E-state index contributed by atoms with van der Waals surface area (Å²) < 4.78 is 27.3. The number of carbonyl (C=O) groups excluding carboxylic acids is 2. The van der Waals surface area contributed by atoms with Crippen LogP contribution in [0.3, 0.4) is 0 Å². The van der Waals surface area contributed by atoms with Crippen LogP contribution < -0.4 is 10.6 Å². The Morgan fingerprint density at radius 3 is 2.19 bits per heavy atom. The Labute approximate surface area is 190 Å². The maximum Gasteiger partial charge on any atom is 0.243 e. The molecule has 2 N–H and O–H groups in total. The van der Waals surface area contributed by atoms with Gasteiger partial charge in [0.15, 0.2) is 0 Å². The van der Waals surface area contributed by atoms with Crippen LogP contribution in [0, 0.1) is 5.92 Å². The Kier molecular flexibility index (Phi) is 8.04. The fourth-order valence-electron chi connectivity index (χ4n) is 3.70. The van der Waals surface area contributed by atoms with E-state index in [0.717, 1.165) is 11.1 Å². The Hall–Kier alpha value is -2.71. The average molecular weight is 458 g/mol. The summed E-state index contributed by atoms with van der Waals surface area (Å²) in [7, 11) is -3.58. The molecule has 2 amide bonds. The van der Waals surface area contributed by atoms with Gasteiger partial charge in [-0.1, -0.05) is 56.3 Å². The van der Waals surface area contributed by atoms with Gasteiger partial charge in [-0.05, 0) is 42.0 Å². The van der Waals surface area contributed by atoms with Gasteiger partial charge in [0.1, 0.15) is 0 Å². The summed E-state index contributed by atoms with van der Waals surface area (Å²) in [4.78, 5) is 24.7. The quantitative estimate of drug-likeness (QED) is 0.637. The average Bonchev–Trinajstić information content (AvgIpc) is 2.82. The molecule has 0 saturated carbocycles. The number of sulfonamides is 1. The molecule has 1 fully saturated rings. The van der Waals surface area contributed by atoms with Crippen LogP contribution in [0.25, 0.3) is 0 Å². The molecule has 32 heavy (non-hydrogen) atoms. The second kappa shape index (κ2) is 10.7. The van der Waals surface area contributed by atoms with E-state index in [-0.39, 0.29) is 42.3 Å². The molecule has 0 bridgehead atoms. The fourth-order valence-corrected chi connectivity index (χ4v) is 5.17. The minimum Gasteiger partial charge on any atom is -0.350 e. The van der Waals surface area contributed by atoms with Crippen molar-refractivity contribution in [1.82, 2.24) is 14.9 Å². The molecule has 0 aromatic heterocycles.